The van der Waals surface area contributed by atoms with Crippen LogP contribution in [0.2, 0.25) is 0 Å². The van der Waals surface area contributed by atoms with Gasteiger partial charge in [-0.25, -0.2) is 0 Å². The highest BCUT2D eigenvalue weighted by atomic mass is 32.2. The Kier molecular flexibility index (Phi) is 10.1. The van der Waals surface area contributed by atoms with Crippen LogP contribution in [-0.2, 0) is 5.75 Å². The molecule has 1 saturated carbocycles. The summed E-state index contributed by atoms with van der Waals surface area (Å²) in [5.74, 6) is 4.59. The van der Waals surface area contributed by atoms with E-state index < -0.39 is 0 Å². The van der Waals surface area contributed by atoms with E-state index in [2.05, 4.69) is 39.8 Å². The number of para-hydroxylation sites is 1. The zero-order chi connectivity index (χ0) is 23.3. The molecular formula is C28H35N3O2S. The Hall–Kier alpha value is -2.57. The molecule has 1 aliphatic rings. The van der Waals surface area contributed by atoms with Gasteiger partial charge in [-0.2, -0.15) is 0 Å². The maximum absolute atomic E-state index is 5.84. The molecule has 0 amide bonds. The van der Waals surface area contributed by atoms with Crippen molar-refractivity contribution < 1.29 is 9.15 Å². The summed E-state index contributed by atoms with van der Waals surface area (Å²) in [5, 5.41) is 11.9. The van der Waals surface area contributed by atoms with Gasteiger partial charge in [0.2, 0.25) is 11.8 Å². The first-order valence-electron chi connectivity index (χ1n) is 12.4. The number of nitrogens with one attached hydrogen (secondary N) is 1. The lowest BCUT2D eigenvalue weighted by Gasteiger charge is -2.21. The van der Waals surface area contributed by atoms with E-state index in [4.69, 9.17) is 9.15 Å². The van der Waals surface area contributed by atoms with Crippen molar-refractivity contribution in [3.63, 3.8) is 0 Å². The number of thioether (sulfide) groups is 1. The molecule has 1 fully saturated rings. The van der Waals surface area contributed by atoms with Gasteiger partial charge in [-0.05, 0) is 48.7 Å². The molecule has 0 saturated heterocycles. The lowest BCUT2D eigenvalue weighted by atomic mass is 9.87. The van der Waals surface area contributed by atoms with Crippen molar-refractivity contribution >= 4 is 17.8 Å². The molecule has 0 unspecified atom stereocenters. The summed E-state index contributed by atoms with van der Waals surface area (Å²) in [6, 6.07) is 18.1. The number of aromatic nitrogens is 2. The summed E-state index contributed by atoms with van der Waals surface area (Å²) < 4.78 is 11.5. The molecule has 0 aliphatic heterocycles. The van der Waals surface area contributed by atoms with Crippen LogP contribution in [0.3, 0.4) is 0 Å². The molecule has 1 aliphatic carbocycles. The first-order chi connectivity index (χ1) is 16.9. The summed E-state index contributed by atoms with van der Waals surface area (Å²) in [4.78, 5) is 0. The molecule has 0 bridgehead atoms. The zero-order valence-electron chi connectivity index (χ0n) is 19.8. The second-order valence-electron chi connectivity index (χ2n) is 8.74. The molecule has 2 aromatic carbocycles. The summed E-state index contributed by atoms with van der Waals surface area (Å²) in [7, 11) is 0. The van der Waals surface area contributed by atoms with Gasteiger partial charge < -0.3 is 14.5 Å². The standard InChI is InChI=1S/C28H35N3O2S/c1-3-8-23(9-4-1)17-19-29-18-7-10-24-13-15-25(16-14-24)28-31-30-27(33-28)22-34-21-20-32-26-11-5-2-6-12-26/h2,5-7,10-16,23,29H,1,3-4,8-9,17-22H2/b10-7+. The molecule has 1 N–H and O–H groups in total. The molecule has 0 radical (unpaired) electrons. The van der Waals surface area contributed by atoms with E-state index >= 15 is 0 Å². The SMILES string of the molecule is C(=C\c1ccc(-c2nnc(CSCCOc3ccccc3)o2)cc1)/CNCCC1CCCCC1. The fourth-order valence-corrected chi connectivity index (χ4v) is 4.86. The van der Waals surface area contributed by atoms with Crippen LogP contribution >= 0.6 is 11.8 Å². The molecule has 4 rings (SSSR count). The molecule has 180 valence electrons. The van der Waals surface area contributed by atoms with Gasteiger partial charge in [0.15, 0.2) is 0 Å². The van der Waals surface area contributed by atoms with Crippen LogP contribution in [0.4, 0.5) is 0 Å². The largest absolute Gasteiger partial charge is 0.493 e. The molecule has 1 heterocycles. The van der Waals surface area contributed by atoms with Crippen LogP contribution in [0.1, 0.15) is 50.0 Å². The predicted octanol–water partition coefficient (Wildman–Crippen LogP) is 6.62. The Morgan fingerprint density at radius 2 is 1.82 bits per heavy atom. The van der Waals surface area contributed by atoms with Crippen molar-refractivity contribution in [2.75, 3.05) is 25.4 Å². The maximum Gasteiger partial charge on any atom is 0.247 e. The van der Waals surface area contributed by atoms with Crippen LogP contribution in [0, 0.1) is 5.92 Å². The summed E-state index contributed by atoms with van der Waals surface area (Å²) in [6.45, 7) is 2.68. The number of ether oxygens (including phenoxy) is 1. The normalized spacial score (nSPS) is 14.6. The smallest absolute Gasteiger partial charge is 0.247 e. The summed E-state index contributed by atoms with van der Waals surface area (Å²) >= 11 is 1.72. The molecule has 0 spiro atoms. The van der Waals surface area contributed by atoms with Gasteiger partial charge in [0, 0.05) is 17.9 Å². The van der Waals surface area contributed by atoms with Gasteiger partial charge in [0.05, 0.1) is 12.4 Å². The van der Waals surface area contributed by atoms with Gasteiger partial charge in [-0.15, -0.1) is 22.0 Å². The minimum Gasteiger partial charge on any atom is -0.493 e. The first kappa shape index (κ1) is 24.6. The molecule has 1 aromatic heterocycles. The summed E-state index contributed by atoms with van der Waals surface area (Å²) in [5.41, 5.74) is 2.12. The Morgan fingerprint density at radius 3 is 2.65 bits per heavy atom. The van der Waals surface area contributed by atoms with Crippen molar-refractivity contribution in [1.29, 1.82) is 0 Å². The van der Waals surface area contributed by atoms with E-state index in [1.807, 2.05) is 42.5 Å². The van der Waals surface area contributed by atoms with Crippen molar-refractivity contribution in [3.05, 3.63) is 72.1 Å². The average Bonchev–Trinajstić information content (AvgIpc) is 3.36. The lowest BCUT2D eigenvalue weighted by molar-refractivity contribution is 0.335. The zero-order valence-corrected chi connectivity index (χ0v) is 20.6. The van der Waals surface area contributed by atoms with Gasteiger partial charge in [-0.3, -0.25) is 0 Å². The van der Waals surface area contributed by atoms with Gasteiger partial charge in [0.25, 0.3) is 0 Å². The van der Waals surface area contributed by atoms with Crippen LogP contribution in [0.25, 0.3) is 17.5 Å². The van der Waals surface area contributed by atoms with Crippen LogP contribution in [-0.4, -0.2) is 35.6 Å². The third-order valence-electron chi connectivity index (χ3n) is 6.12. The topological polar surface area (TPSA) is 60.2 Å². The average molecular weight is 478 g/mol. The minimum atomic E-state index is 0.566. The van der Waals surface area contributed by atoms with Crippen molar-refractivity contribution in [1.82, 2.24) is 15.5 Å². The number of benzene rings is 2. The fraction of sp³-hybridized carbons (Fsp3) is 0.429. The molecule has 5 nitrogen and oxygen atoms in total. The quantitative estimate of drug-likeness (QED) is 0.279. The van der Waals surface area contributed by atoms with Gasteiger partial charge in [-0.1, -0.05) is 74.6 Å². The van der Waals surface area contributed by atoms with Gasteiger partial charge in [0.1, 0.15) is 5.75 Å². The van der Waals surface area contributed by atoms with Crippen LogP contribution in [0.15, 0.2) is 65.1 Å². The van der Waals surface area contributed by atoms with E-state index in [1.165, 1.54) is 44.1 Å². The highest BCUT2D eigenvalue weighted by Gasteiger charge is 2.12. The molecule has 6 heteroatoms. The summed E-state index contributed by atoms with van der Waals surface area (Å²) in [6.07, 6.45) is 12.8. The van der Waals surface area contributed by atoms with E-state index in [9.17, 15) is 0 Å². The predicted molar refractivity (Wildman–Crippen MR) is 141 cm³/mol. The second kappa shape index (κ2) is 14.0. The number of hydrogen-bond donors (Lipinski definition) is 1. The number of hydrogen-bond acceptors (Lipinski definition) is 6. The van der Waals surface area contributed by atoms with Crippen LogP contribution < -0.4 is 10.1 Å². The van der Waals surface area contributed by atoms with Crippen molar-refractivity contribution in [2.24, 2.45) is 5.92 Å². The maximum atomic E-state index is 5.84. The monoisotopic (exact) mass is 477 g/mol. The van der Waals surface area contributed by atoms with E-state index in [0.29, 0.717) is 24.1 Å². The molecular weight excluding hydrogens is 442 g/mol. The fourth-order valence-electron chi connectivity index (χ4n) is 4.22. The second-order valence-corrected chi connectivity index (χ2v) is 9.84. The van der Waals surface area contributed by atoms with Crippen molar-refractivity contribution in [3.8, 4) is 17.2 Å². The Balaban J connectivity index is 1.13. The third kappa shape index (κ3) is 8.33. The third-order valence-corrected chi connectivity index (χ3v) is 7.02. The molecule has 34 heavy (non-hydrogen) atoms. The van der Waals surface area contributed by atoms with Crippen molar-refractivity contribution in [2.45, 2.75) is 44.3 Å². The highest BCUT2D eigenvalue weighted by Crippen LogP contribution is 2.25. The van der Waals surface area contributed by atoms with E-state index in [0.717, 1.165) is 36.1 Å². The molecule has 3 aromatic rings. The van der Waals surface area contributed by atoms with Gasteiger partial charge >= 0.3 is 0 Å². The Bertz CT molecular complexity index is 982. The van der Waals surface area contributed by atoms with E-state index in [1.54, 1.807) is 11.8 Å². The Morgan fingerprint density at radius 1 is 1.00 bits per heavy atom. The van der Waals surface area contributed by atoms with E-state index in [-0.39, 0.29) is 0 Å². The molecule has 0 atom stereocenters. The first-order valence-corrected chi connectivity index (χ1v) is 13.6. The van der Waals surface area contributed by atoms with Crippen LogP contribution in [0.5, 0.6) is 5.75 Å². The lowest BCUT2D eigenvalue weighted by Crippen LogP contribution is -2.19. The Labute approximate surface area is 207 Å². The number of nitrogens with zero attached hydrogens (tertiary/aromatic N) is 2. The number of rotatable bonds is 13. The minimum absolute atomic E-state index is 0.566. The highest BCUT2D eigenvalue weighted by molar-refractivity contribution is 7.98.